The number of guanidine groups is 1. The molecule has 1 aromatic carbocycles. The fourth-order valence-corrected chi connectivity index (χ4v) is 2.15. The summed E-state index contributed by atoms with van der Waals surface area (Å²) in [6.07, 6.45) is 2.09. The van der Waals surface area contributed by atoms with Crippen molar-refractivity contribution in [1.82, 2.24) is 10.6 Å². The van der Waals surface area contributed by atoms with E-state index in [0.29, 0.717) is 11.6 Å². The second-order valence-corrected chi connectivity index (χ2v) is 5.87. The van der Waals surface area contributed by atoms with E-state index in [-0.39, 0.29) is 6.10 Å². The maximum atomic E-state index is 5.87. The van der Waals surface area contributed by atoms with Gasteiger partial charge in [-0.05, 0) is 57.9 Å². The molecule has 5 nitrogen and oxygen atoms in total. The van der Waals surface area contributed by atoms with Crippen LogP contribution in [0.3, 0.4) is 0 Å². The van der Waals surface area contributed by atoms with Gasteiger partial charge in [-0.15, -0.1) is 0 Å². The van der Waals surface area contributed by atoms with Crippen LogP contribution in [0.5, 0.6) is 5.75 Å². The highest BCUT2D eigenvalue weighted by Crippen LogP contribution is 2.16. The zero-order valence-electron chi connectivity index (χ0n) is 15.0. The van der Waals surface area contributed by atoms with Crippen molar-refractivity contribution in [2.75, 3.05) is 32.8 Å². The molecule has 1 aromatic rings. The van der Waals surface area contributed by atoms with Crippen LogP contribution in [-0.2, 0) is 4.74 Å². The van der Waals surface area contributed by atoms with Gasteiger partial charge in [-0.2, -0.15) is 0 Å². The van der Waals surface area contributed by atoms with Gasteiger partial charge in [0.1, 0.15) is 11.9 Å². The van der Waals surface area contributed by atoms with Crippen LogP contribution < -0.4 is 15.4 Å². The number of halogens is 1. The lowest BCUT2D eigenvalue weighted by atomic mass is 10.3. The highest BCUT2D eigenvalue weighted by molar-refractivity contribution is 6.30. The zero-order chi connectivity index (χ0) is 17.6. The molecule has 0 aromatic heterocycles. The van der Waals surface area contributed by atoms with Gasteiger partial charge in [0.15, 0.2) is 5.96 Å². The molecule has 0 saturated carbocycles. The largest absolute Gasteiger partial charge is 0.489 e. The summed E-state index contributed by atoms with van der Waals surface area (Å²) in [6.45, 7) is 9.96. The molecular weight excluding hydrogens is 326 g/mol. The molecule has 0 heterocycles. The fraction of sp³-hybridized carbons (Fsp3) is 0.611. The summed E-state index contributed by atoms with van der Waals surface area (Å²) in [7, 11) is 0. The van der Waals surface area contributed by atoms with E-state index in [1.165, 1.54) is 0 Å². The molecule has 2 N–H and O–H groups in total. The topological polar surface area (TPSA) is 54.9 Å². The van der Waals surface area contributed by atoms with Gasteiger partial charge in [0.25, 0.3) is 0 Å². The molecule has 6 heteroatoms. The van der Waals surface area contributed by atoms with E-state index in [9.17, 15) is 0 Å². The molecule has 1 unspecified atom stereocenters. The van der Waals surface area contributed by atoms with Crippen LogP contribution in [0.2, 0.25) is 5.02 Å². The van der Waals surface area contributed by atoms with Crippen molar-refractivity contribution >= 4 is 17.6 Å². The summed E-state index contributed by atoms with van der Waals surface area (Å²) < 4.78 is 11.2. The highest BCUT2D eigenvalue weighted by atomic mass is 35.5. The van der Waals surface area contributed by atoms with E-state index < -0.39 is 0 Å². The van der Waals surface area contributed by atoms with Gasteiger partial charge < -0.3 is 20.1 Å². The Balaban J connectivity index is 2.33. The lowest BCUT2D eigenvalue weighted by Gasteiger charge is -2.15. The van der Waals surface area contributed by atoms with Gasteiger partial charge in [0.2, 0.25) is 0 Å². The number of aliphatic imine (C=N–C) groups is 1. The van der Waals surface area contributed by atoms with E-state index in [2.05, 4.69) is 22.5 Å². The van der Waals surface area contributed by atoms with Crippen molar-refractivity contribution in [3.8, 4) is 5.75 Å². The third-order valence-electron chi connectivity index (χ3n) is 3.21. The zero-order valence-corrected chi connectivity index (χ0v) is 15.7. The minimum atomic E-state index is -0.0143. The summed E-state index contributed by atoms with van der Waals surface area (Å²) in [5.41, 5.74) is 0. The molecule has 1 rings (SSSR count). The van der Waals surface area contributed by atoms with E-state index in [1.807, 2.05) is 38.1 Å². The monoisotopic (exact) mass is 355 g/mol. The maximum Gasteiger partial charge on any atom is 0.191 e. The molecule has 0 bridgehead atoms. The first-order chi connectivity index (χ1) is 11.7. The minimum Gasteiger partial charge on any atom is -0.489 e. The second kappa shape index (κ2) is 12.9. The van der Waals surface area contributed by atoms with E-state index in [1.54, 1.807) is 0 Å². The molecule has 0 amide bonds. The molecule has 0 spiro atoms. The molecule has 0 saturated heterocycles. The quantitative estimate of drug-likeness (QED) is 0.362. The standard InChI is InChI=1S/C18H30ClN3O2/c1-4-20-18(21-12-6-7-13-23-5-2)22-14-15(3)24-17-10-8-16(19)9-11-17/h8-11,15H,4-7,12-14H2,1-3H3,(H2,20,21,22). The molecule has 1 atom stereocenters. The molecule has 0 radical (unpaired) electrons. The number of benzene rings is 1. The van der Waals surface area contributed by atoms with Gasteiger partial charge in [-0.25, -0.2) is 4.99 Å². The Morgan fingerprint density at radius 3 is 2.58 bits per heavy atom. The first-order valence-corrected chi connectivity index (χ1v) is 9.05. The van der Waals surface area contributed by atoms with E-state index >= 15 is 0 Å². The van der Waals surface area contributed by atoms with Crippen LogP contribution >= 0.6 is 11.6 Å². The molecule has 0 aliphatic carbocycles. The Hall–Kier alpha value is -1.46. The Kier molecular flexibility index (Phi) is 11.1. The summed E-state index contributed by atoms with van der Waals surface area (Å²) in [6, 6.07) is 7.37. The number of hydrogen-bond donors (Lipinski definition) is 2. The average molecular weight is 356 g/mol. The summed E-state index contributed by atoms with van der Waals surface area (Å²) in [5, 5.41) is 7.29. The van der Waals surface area contributed by atoms with Gasteiger partial charge in [-0.3, -0.25) is 0 Å². The van der Waals surface area contributed by atoms with Crippen LogP contribution in [0.15, 0.2) is 29.3 Å². The lowest BCUT2D eigenvalue weighted by molar-refractivity contribution is 0.143. The van der Waals surface area contributed by atoms with Gasteiger partial charge in [-0.1, -0.05) is 11.6 Å². The predicted octanol–water partition coefficient (Wildman–Crippen LogP) is 3.48. The van der Waals surface area contributed by atoms with Crippen LogP contribution in [0.25, 0.3) is 0 Å². The van der Waals surface area contributed by atoms with Gasteiger partial charge >= 0.3 is 0 Å². The summed E-state index contributed by atoms with van der Waals surface area (Å²) in [5.74, 6) is 1.62. The molecule has 0 aliphatic heterocycles. The fourth-order valence-electron chi connectivity index (χ4n) is 2.02. The minimum absolute atomic E-state index is 0.0143. The number of rotatable bonds is 11. The van der Waals surface area contributed by atoms with Gasteiger partial charge in [0, 0.05) is 31.3 Å². The number of ether oxygens (including phenoxy) is 2. The van der Waals surface area contributed by atoms with Crippen molar-refractivity contribution in [2.45, 2.75) is 39.7 Å². The molecular formula is C18H30ClN3O2. The Bertz CT molecular complexity index is 466. The van der Waals surface area contributed by atoms with Crippen molar-refractivity contribution in [1.29, 1.82) is 0 Å². The first kappa shape index (κ1) is 20.6. The third kappa shape index (κ3) is 9.63. The van der Waals surface area contributed by atoms with Crippen LogP contribution in [0.1, 0.15) is 33.6 Å². The number of nitrogens with one attached hydrogen (secondary N) is 2. The highest BCUT2D eigenvalue weighted by Gasteiger charge is 2.04. The van der Waals surface area contributed by atoms with Crippen LogP contribution in [-0.4, -0.2) is 44.9 Å². The molecule has 0 aliphatic rings. The Labute approximate surface area is 150 Å². The van der Waals surface area contributed by atoms with Crippen LogP contribution in [0.4, 0.5) is 0 Å². The number of hydrogen-bond acceptors (Lipinski definition) is 3. The van der Waals surface area contributed by atoms with Crippen molar-refractivity contribution in [3.63, 3.8) is 0 Å². The molecule has 136 valence electrons. The van der Waals surface area contributed by atoms with Crippen molar-refractivity contribution in [2.24, 2.45) is 4.99 Å². The average Bonchev–Trinajstić information content (AvgIpc) is 2.57. The lowest BCUT2D eigenvalue weighted by Crippen LogP contribution is -2.38. The molecule has 0 fully saturated rings. The number of unbranched alkanes of at least 4 members (excludes halogenated alkanes) is 1. The van der Waals surface area contributed by atoms with Crippen molar-refractivity contribution < 1.29 is 9.47 Å². The van der Waals surface area contributed by atoms with Gasteiger partial charge in [0.05, 0.1) is 6.54 Å². The van der Waals surface area contributed by atoms with E-state index in [0.717, 1.165) is 50.9 Å². The van der Waals surface area contributed by atoms with E-state index in [4.69, 9.17) is 21.1 Å². The summed E-state index contributed by atoms with van der Waals surface area (Å²) in [4.78, 5) is 4.57. The van der Waals surface area contributed by atoms with Crippen LogP contribution in [0, 0.1) is 0 Å². The smallest absolute Gasteiger partial charge is 0.191 e. The normalized spacial score (nSPS) is 12.8. The molecule has 24 heavy (non-hydrogen) atoms. The first-order valence-electron chi connectivity index (χ1n) is 8.67. The maximum absolute atomic E-state index is 5.87. The SMILES string of the molecule is CCNC(=NCC(C)Oc1ccc(Cl)cc1)NCCCCOCC. The predicted molar refractivity (Wildman–Crippen MR) is 101 cm³/mol. The third-order valence-corrected chi connectivity index (χ3v) is 3.47. The summed E-state index contributed by atoms with van der Waals surface area (Å²) >= 11 is 5.87. The Morgan fingerprint density at radius 1 is 1.17 bits per heavy atom. The second-order valence-electron chi connectivity index (χ2n) is 5.43. The Morgan fingerprint density at radius 2 is 1.92 bits per heavy atom. The van der Waals surface area contributed by atoms with Crippen molar-refractivity contribution in [3.05, 3.63) is 29.3 Å². The number of nitrogens with zero attached hydrogens (tertiary/aromatic N) is 1.